The molecule has 2 N–H and O–H groups in total. The minimum atomic E-state index is 0.631. The Balaban J connectivity index is 1.28. The molecule has 2 aliphatic rings. The average molecular weight is 415 g/mol. The normalized spacial score (nSPS) is 20.2. The molecule has 2 aliphatic heterocycles. The fourth-order valence-corrected chi connectivity index (χ4v) is 4.63. The molecule has 2 aromatic rings. The van der Waals surface area contributed by atoms with E-state index in [2.05, 4.69) is 38.0 Å². The van der Waals surface area contributed by atoms with Gasteiger partial charge in [-0.05, 0) is 48.9 Å². The van der Waals surface area contributed by atoms with Crippen molar-refractivity contribution in [1.82, 2.24) is 10.2 Å². The van der Waals surface area contributed by atoms with Gasteiger partial charge in [-0.3, -0.25) is 9.89 Å². The highest BCUT2D eigenvalue weighted by Gasteiger charge is 2.20. The molecule has 1 fully saturated rings. The number of hydrogen-bond acceptors (Lipinski definition) is 5. The van der Waals surface area contributed by atoms with Crippen LogP contribution in [-0.2, 0) is 6.54 Å². The van der Waals surface area contributed by atoms with Crippen LogP contribution < -0.4 is 20.1 Å². The molecule has 4 rings (SSSR count). The van der Waals surface area contributed by atoms with Gasteiger partial charge in [-0.1, -0.05) is 6.07 Å². The van der Waals surface area contributed by atoms with E-state index < -0.39 is 0 Å². The number of rotatable bonds is 5. The molecule has 1 atom stereocenters. The standard InChI is InChI=1S/C22H30N4O2S/c1-23-22(25-18-7-8-20-21(13-18)28-11-4-10-27-20)24-14-17-5-2-9-26(15-17)16-19-6-3-12-29-19/h3,6-8,12-13,17H,2,4-5,9-11,14-16H2,1H3,(H2,23,24,25). The lowest BCUT2D eigenvalue weighted by atomic mass is 9.98. The first-order valence-electron chi connectivity index (χ1n) is 10.4. The van der Waals surface area contributed by atoms with Crippen molar-refractivity contribution in [1.29, 1.82) is 0 Å². The zero-order chi connectivity index (χ0) is 19.9. The van der Waals surface area contributed by atoms with Crippen molar-refractivity contribution in [3.63, 3.8) is 0 Å². The largest absolute Gasteiger partial charge is 0.490 e. The Hall–Kier alpha value is -2.25. The topological polar surface area (TPSA) is 58.1 Å². The summed E-state index contributed by atoms with van der Waals surface area (Å²) < 4.78 is 11.5. The summed E-state index contributed by atoms with van der Waals surface area (Å²) in [5, 5.41) is 9.04. The molecule has 0 amide bonds. The predicted molar refractivity (Wildman–Crippen MR) is 119 cm³/mol. The summed E-state index contributed by atoms with van der Waals surface area (Å²) in [7, 11) is 1.81. The number of ether oxygens (including phenoxy) is 2. The maximum atomic E-state index is 5.78. The molecule has 0 aliphatic carbocycles. The molecule has 1 saturated heterocycles. The van der Waals surface area contributed by atoms with E-state index in [0.29, 0.717) is 19.1 Å². The number of benzene rings is 1. The Bertz CT molecular complexity index is 809. The number of guanidine groups is 1. The van der Waals surface area contributed by atoms with E-state index in [4.69, 9.17) is 9.47 Å². The van der Waals surface area contributed by atoms with Crippen LogP contribution in [0.5, 0.6) is 11.5 Å². The predicted octanol–water partition coefficient (Wildman–Crippen LogP) is 3.81. The molecule has 6 nitrogen and oxygen atoms in total. The van der Waals surface area contributed by atoms with Gasteiger partial charge < -0.3 is 20.1 Å². The number of nitrogens with zero attached hydrogens (tertiary/aromatic N) is 2. The van der Waals surface area contributed by atoms with E-state index in [1.165, 1.54) is 24.3 Å². The number of thiophene rings is 1. The van der Waals surface area contributed by atoms with Gasteiger partial charge >= 0.3 is 0 Å². The number of piperidine rings is 1. The van der Waals surface area contributed by atoms with Crippen molar-refractivity contribution in [2.45, 2.75) is 25.8 Å². The van der Waals surface area contributed by atoms with Crippen LogP contribution in [0.2, 0.25) is 0 Å². The highest BCUT2D eigenvalue weighted by Crippen LogP contribution is 2.32. The van der Waals surface area contributed by atoms with Crippen LogP contribution in [0.3, 0.4) is 0 Å². The van der Waals surface area contributed by atoms with E-state index in [0.717, 1.165) is 49.2 Å². The van der Waals surface area contributed by atoms with Gasteiger partial charge in [-0.2, -0.15) is 0 Å². The van der Waals surface area contributed by atoms with Crippen molar-refractivity contribution in [2.24, 2.45) is 10.9 Å². The van der Waals surface area contributed by atoms with Gasteiger partial charge in [0.25, 0.3) is 0 Å². The van der Waals surface area contributed by atoms with Crippen LogP contribution in [0.15, 0.2) is 40.7 Å². The highest BCUT2D eigenvalue weighted by molar-refractivity contribution is 7.09. The molecule has 0 bridgehead atoms. The lowest BCUT2D eigenvalue weighted by Crippen LogP contribution is -2.42. The van der Waals surface area contributed by atoms with Crippen LogP contribution in [0, 0.1) is 5.92 Å². The molecule has 1 aromatic carbocycles. The number of hydrogen-bond donors (Lipinski definition) is 2. The molecule has 1 aromatic heterocycles. The van der Waals surface area contributed by atoms with E-state index in [9.17, 15) is 0 Å². The Morgan fingerprint density at radius 3 is 2.93 bits per heavy atom. The number of anilines is 1. The Morgan fingerprint density at radius 1 is 1.21 bits per heavy atom. The fraction of sp³-hybridized carbons (Fsp3) is 0.500. The van der Waals surface area contributed by atoms with Gasteiger partial charge in [0, 0.05) is 49.7 Å². The molecule has 0 saturated carbocycles. The fourth-order valence-electron chi connectivity index (χ4n) is 3.88. The second kappa shape index (κ2) is 9.98. The minimum absolute atomic E-state index is 0.631. The molecule has 1 unspecified atom stereocenters. The van der Waals surface area contributed by atoms with Crippen molar-refractivity contribution < 1.29 is 9.47 Å². The third kappa shape index (κ3) is 5.64. The smallest absolute Gasteiger partial charge is 0.195 e. The number of nitrogens with one attached hydrogen (secondary N) is 2. The summed E-state index contributed by atoms with van der Waals surface area (Å²) in [5.74, 6) is 3.02. The van der Waals surface area contributed by atoms with Crippen LogP contribution in [-0.4, -0.2) is 50.8 Å². The number of fused-ring (bicyclic) bond motifs is 1. The lowest BCUT2D eigenvalue weighted by Gasteiger charge is -2.32. The summed E-state index contributed by atoms with van der Waals surface area (Å²) in [4.78, 5) is 8.41. The van der Waals surface area contributed by atoms with Gasteiger partial charge in [-0.15, -0.1) is 11.3 Å². The molecule has 29 heavy (non-hydrogen) atoms. The Labute approximate surface area is 176 Å². The van der Waals surface area contributed by atoms with Crippen LogP contribution >= 0.6 is 11.3 Å². The third-order valence-electron chi connectivity index (χ3n) is 5.35. The van der Waals surface area contributed by atoms with Crippen LogP contribution in [0.1, 0.15) is 24.1 Å². The van der Waals surface area contributed by atoms with Gasteiger partial charge in [0.1, 0.15) is 0 Å². The monoisotopic (exact) mass is 414 g/mol. The molecule has 156 valence electrons. The van der Waals surface area contributed by atoms with Gasteiger partial charge in [0.2, 0.25) is 0 Å². The summed E-state index contributed by atoms with van der Waals surface area (Å²) in [6.45, 7) is 5.70. The number of aliphatic imine (C=N–C) groups is 1. The summed E-state index contributed by atoms with van der Waals surface area (Å²) in [6.07, 6.45) is 3.42. The van der Waals surface area contributed by atoms with Gasteiger partial charge in [-0.25, -0.2) is 0 Å². The molecule has 0 spiro atoms. The first-order chi connectivity index (χ1) is 14.3. The van der Waals surface area contributed by atoms with Crippen molar-refractivity contribution in [3.05, 3.63) is 40.6 Å². The summed E-state index contributed by atoms with van der Waals surface area (Å²) >= 11 is 1.85. The molecular formula is C22H30N4O2S. The zero-order valence-electron chi connectivity index (χ0n) is 17.0. The maximum Gasteiger partial charge on any atom is 0.195 e. The lowest BCUT2D eigenvalue weighted by molar-refractivity contribution is 0.170. The Morgan fingerprint density at radius 2 is 2.10 bits per heavy atom. The molecule has 7 heteroatoms. The van der Waals surface area contributed by atoms with E-state index in [-0.39, 0.29) is 0 Å². The van der Waals surface area contributed by atoms with Crippen molar-refractivity contribution in [3.8, 4) is 11.5 Å². The molecule has 3 heterocycles. The Kier molecular flexibility index (Phi) is 6.90. The third-order valence-corrected chi connectivity index (χ3v) is 6.22. The van der Waals surface area contributed by atoms with E-state index in [1.807, 2.05) is 36.6 Å². The zero-order valence-corrected chi connectivity index (χ0v) is 17.8. The van der Waals surface area contributed by atoms with E-state index in [1.54, 1.807) is 0 Å². The summed E-state index contributed by atoms with van der Waals surface area (Å²) in [5.41, 5.74) is 0.949. The van der Waals surface area contributed by atoms with Crippen molar-refractivity contribution >= 4 is 23.0 Å². The second-order valence-electron chi connectivity index (χ2n) is 7.61. The highest BCUT2D eigenvalue weighted by atomic mass is 32.1. The average Bonchev–Trinajstić information content (AvgIpc) is 3.14. The quantitative estimate of drug-likeness (QED) is 0.576. The maximum absolute atomic E-state index is 5.78. The van der Waals surface area contributed by atoms with Gasteiger partial charge in [0.05, 0.1) is 13.2 Å². The van der Waals surface area contributed by atoms with Crippen LogP contribution in [0.25, 0.3) is 0 Å². The van der Waals surface area contributed by atoms with Crippen LogP contribution in [0.4, 0.5) is 5.69 Å². The number of likely N-dealkylation sites (tertiary alicyclic amines) is 1. The first kappa shape index (κ1) is 20.0. The molecular weight excluding hydrogens is 384 g/mol. The van der Waals surface area contributed by atoms with Crippen molar-refractivity contribution in [2.75, 3.05) is 45.2 Å². The van der Waals surface area contributed by atoms with E-state index >= 15 is 0 Å². The first-order valence-corrected chi connectivity index (χ1v) is 11.3. The van der Waals surface area contributed by atoms with Gasteiger partial charge in [0.15, 0.2) is 17.5 Å². The molecule has 0 radical (unpaired) electrons. The minimum Gasteiger partial charge on any atom is -0.490 e. The second-order valence-corrected chi connectivity index (χ2v) is 8.65. The summed E-state index contributed by atoms with van der Waals surface area (Å²) in [6, 6.07) is 10.3. The SMILES string of the molecule is CN=C(NCC1CCCN(Cc2cccs2)C1)Nc1ccc2c(c1)OCCCO2.